The zero-order valence-electron chi connectivity index (χ0n) is 8.42. The molecular formula is C12H9N3S. The van der Waals surface area contributed by atoms with Gasteiger partial charge < -0.3 is 5.73 Å². The molecule has 0 saturated heterocycles. The number of rotatable bonds is 2. The Bertz CT molecular complexity index is 529. The van der Waals surface area contributed by atoms with E-state index in [9.17, 15) is 0 Å². The molecule has 2 rings (SSSR count). The molecule has 0 aliphatic rings. The Labute approximate surface area is 97.9 Å². The fourth-order valence-corrected chi connectivity index (χ4v) is 2.04. The van der Waals surface area contributed by atoms with E-state index in [2.05, 4.69) is 11.1 Å². The molecule has 0 atom stereocenters. The van der Waals surface area contributed by atoms with E-state index in [1.807, 2.05) is 18.2 Å². The lowest BCUT2D eigenvalue weighted by molar-refractivity contribution is 1.26. The Morgan fingerprint density at radius 1 is 1.19 bits per heavy atom. The van der Waals surface area contributed by atoms with Crippen molar-refractivity contribution in [3.05, 3.63) is 48.3 Å². The molecular weight excluding hydrogens is 218 g/mol. The third-order valence-electron chi connectivity index (χ3n) is 2.02. The second-order valence-corrected chi connectivity index (χ2v) is 4.27. The summed E-state index contributed by atoms with van der Waals surface area (Å²) in [5.74, 6) is 0. The van der Waals surface area contributed by atoms with Gasteiger partial charge in [-0.25, -0.2) is 0 Å². The van der Waals surface area contributed by atoms with Gasteiger partial charge in [-0.3, -0.25) is 4.98 Å². The first-order valence-electron chi connectivity index (χ1n) is 4.67. The molecule has 3 nitrogen and oxygen atoms in total. The van der Waals surface area contributed by atoms with E-state index in [4.69, 9.17) is 11.0 Å². The highest BCUT2D eigenvalue weighted by atomic mass is 32.2. The first-order valence-corrected chi connectivity index (χ1v) is 5.49. The van der Waals surface area contributed by atoms with Gasteiger partial charge in [0.1, 0.15) is 0 Å². The Balaban J connectivity index is 2.22. The number of hydrogen-bond donors (Lipinski definition) is 1. The van der Waals surface area contributed by atoms with Crippen LogP contribution in [0.15, 0.2) is 52.5 Å². The number of nitrogens with two attached hydrogens (primary N) is 1. The first kappa shape index (κ1) is 10.5. The van der Waals surface area contributed by atoms with Crippen molar-refractivity contribution in [2.75, 3.05) is 5.73 Å². The van der Waals surface area contributed by atoms with Crippen LogP contribution < -0.4 is 5.73 Å². The third-order valence-corrected chi connectivity index (χ3v) is 3.12. The number of nitrogen functional groups attached to an aromatic ring is 1. The molecule has 0 fully saturated rings. The van der Waals surface area contributed by atoms with Crippen molar-refractivity contribution in [1.29, 1.82) is 5.26 Å². The van der Waals surface area contributed by atoms with Gasteiger partial charge in [-0.05, 0) is 30.3 Å². The van der Waals surface area contributed by atoms with Crippen LogP contribution in [0.3, 0.4) is 0 Å². The summed E-state index contributed by atoms with van der Waals surface area (Å²) < 4.78 is 0. The quantitative estimate of drug-likeness (QED) is 0.856. The molecule has 0 amide bonds. The van der Waals surface area contributed by atoms with Crippen molar-refractivity contribution < 1.29 is 0 Å². The SMILES string of the molecule is N#Cc1ccc(Sc2ccncc2N)cc1. The van der Waals surface area contributed by atoms with E-state index in [-0.39, 0.29) is 0 Å². The maximum Gasteiger partial charge on any atom is 0.0991 e. The van der Waals surface area contributed by atoms with Gasteiger partial charge in [0.15, 0.2) is 0 Å². The van der Waals surface area contributed by atoms with Crippen molar-refractivity contribution in [3.8, 4) is 6.07 Å². The van der Waals surface area contributed by atoms with Gasteiger partial charge in [0, 0.05) is 16.0 Å². The van der Waals surface area contributed by atoms with Crippen LogP contribution >= 0.6 is 11.8 Å². The lowest BCUT2D eigenvalue weighted by Gasteiger charge is -2.03. The Morgan fingerprint density at radius 3 is 2.56 bits per heavy atom. The van der Waals surface area contributed by atoms with Gasteiger partial charge in [0.2, 0.25) is 0 Å². The zero-order valence-corrected chi connectivity index (χ0v) is 9.24. The highest BCUT2D eigenvalue weighted by Gasteiger charge is 2.01. The van der Waals surface area contributed by atoms with E-state index in [0.717, 1.165) is 9.79 Å². The molecule has 4 heteroatoms. The van der Waals surface area contributed by atoms with Gasteiger partial charge >= 0.3 is 0 Å². The van der Waals surface area contributed by atoms with E-state index in [0.29, 0.717) is 11.3 Å². The van der Waals surface area contributed by atoms with Crippen LogP contribution in [-0.2, 0) is 0 Å². The second-order valence-electron chi connectivity index (χ2n) is 3.15. The van der Waals surface area contributed by atoms with E-state index < -0.39 is 0 Å². The lowest BCUT2D eigenvalue weighted by atomic mass is 10.2. The number of nitrogens with zero attached hydrogens (tertiary/aromatic N) is 2. The second kappa shape index (κ2) is 4.69. The standard InChI is InChI=1S/C12H9N3S/c13-7-9-1-3-10(4-2-9)16-12-5-6-15-8-11(12)14/h1-6,8H,14H2. The van der Waals surface area contributed by atoms with Crippen molar-refractivity contribution in [2.45, 2.75) is 9.79 Å². The third kappa shape index (κ3) is 2.33. The Hall–Kier alpha value is -1.99. The van der Waals surface area contributed by atoms with Gasteiger partial charge in [-0.15, -0.1) is 0 Å². The normalized spacial score (nSPS) is 9.69. The summed E-state index contributed by atoms with van der Waals surface area (Å²) in [7, 11) is 0. The molecule has 1 aromatic heterocycles. The maximum atomic E-state index is 8.68. The van der Waals surface area contributed by atoms with Gasteiger partial charge in [-0.1, -0.05) is 11.8 Å². The molecule has 16 heavy (non-hydrogen) atoms. The number of aromatic nitrogens is 1. The minimum atomic E-state index is 0.659. The Morgan fingerprint density at radius 2 is 1.94 bits per heavy atom. The summed E-state index contributed by atoms with van der Waals surface area (Å²) in [6.45, 7) is 0. The summed E-state index contributed by atoms with van der Waals surface area (Å²) in [6.07, 6.45) is 3.34. The number of benzene rings is 1. The van der Waals surface area contributed by atoms with Crippen LogP contribution in [0.5, 0.6) is 0 Å². The summed E-state index contributed by atoms with van der Waals surface area (Å²) in [4.78, 5) is 5.96. The minimum absolute atomic E-state index is 0.659. The van der Waals surface area contributed by atoms with E-state index in [1.165, 1.54) is 0 Å². The predicted octanol–water partition coefficient (Wildman–Crippen LogP) is 2.69. The number of nitriles is 1. The summed E-state index contributed by atoms with van der Waals surface area (Å²) in [6, 6.07) is 11.4. The molecule has 0 aliphatic heterocycles. The molecule has 0 spiro atoms. The smallest absolute Gasteiger partial charge is 0.0991 e. The molecule has 0 aliphatic carbocycles. The van der Waals surface area contributed by atoms with Gasteiger partial charge in [0.05, 0.1) is 23.5 Å². The number of pyridine rings is 1. The Kier molecular flexibility index (Phi) is 3.08. The van der Waals surface area contributed by atoms with Crippen LogP contribution in [0.2, 0.25) is 0 Å². The molecule has 1 aromatic carbocycles. The average Bonchev–Trinajstić information content (AvgIpc) is 2.33. The van der Waals surface area contributed by atoms with Crippen molar-refractivity contribution in [3.63, 3.8) is 0 Å². The van der Waals surface area contributed by atoms with E-state index in [1.54, 1.807) is 36.3 Å². The molecule has 0 radical (unpaired) electrons. The highest BCUT2D eigenvalue weighted by molar-refractivity contribution is 7.99. The molecule has 0 saturated carbocycles. The predicted molar refractivity (Wildman–Crippen MR) is 63.9 cm³/mol. The van der Waals surface area contributed by atoms with Crippen LogP contribution in [0.4, 0.5) is 5.69 Å². The van der Waals surface area contributed by atoms with E-state index >= 15 is 0 Å². The zero-order chi connectivity index (χ0) is 11.4. The molecule has 2 aromatic rings. The van der Waals surface area contributed by atoms with Crippen molar-refractivity contribution in [1.82, 2.24) is 4.98 Å². The van der Waals surface area contributed by atoms with Crippen molar-refractivity contribution in [2.24, 2.45) is 0 Å². The first-order chi connectivity index (χ1) is 7.79. The van der Waals surface area contributed by atoms with Crippen LogP contribution in [0, 0.1) is 11.3 Å². The maximum absolute atomic E-state index is 8.68. The lowest BCUT2D eigenvalue weighted by Crippen LogP contribution is -1.88. The average molecular weight is 227 g/mol. The fourth-order valence-electron chi connectivity index (χ4n) is 1.21. The minimum Gasteiger partial charge on any atom is -0.397 e. The molecule has 2 N–H and O–H groups in total. The monoisotopic (exact) mass is 227 g/mol. The van der Waals surface area contributed by atoms with Crippen molar-refractivity contribution >= 4 is 17.4 Å². The fraction of sp³-hybridized carbons (Fsp3) is 0. The van der Waals surface area contributed by atoms with Gasteiger partial charge in [0.25, 0.3) is 0 Å². The van der Waals surface area contributed by atoms with Crippen LogP contribution in [-0.4, -0.2) is 4.98 Å². The molecule has 0 unspecified atom stereocenters. The topological polar surface area (TPSA) is 62.7 Å². The van der Waals surface area contributed by atoms with Crippen LogP contribution in [0.1, 0.15) is 5.56 Å². The number of anilines is 1. The molecule has 78 valence electrons. The highest BCUT2D eigenvalue weighted by Crippen LogP contribution is 2.31. The number of hydrogen-bond acceptors (Lipinski definition) is 4. The largest absolute Gasteiger partial charge is 0.397 e. The molecule has 0 bridgehead atoms. The van der Waals surface area contributed by atoms with Gasteiger partial charge in [-0.2, -0.15) is 5.26 Å². The summed E-state index contributed by atoms with van der Waals surface area (Å²) >= 11 is 1.56. The molecule has 1 heterocycles. The summed E-state index contributed by atoms with van der Waals surface area (Å²) in [5.41, 5.74) is 7.11. The summed E-state index contributed by atoms with van der Waals surface area (Å²) in [5, 5.41) is 8.68. The van der Waals surface area contributed by atoms with Crippen LogP contribution in [0.25, 0.3) is 0 Å².